The van der Waals surface area contributed by atoms with Crippen molar-refractivity contribution in [2.24, 2.45) is 5.92 Å². The van der Waals surface area contributed by atoms with Gasteiger partial charge in [-0.3, -0.25) is 0 Å². The fourth-order valence-corrected chi connectivity index (χ4v) is 2.26. The second-order valence-electron chi connectivity index (χ2n) is 4.71. The molecule has 0 fully saturated rings. The van der Waals surface area contributed by atoms with Crippen molar-refractivity contribution in [3.63, 3.8) is 0 Å². The standard InChI is InChI=1S/C14H31NO/c1-6-9-10-13(7-2)11-14(15-5)12(4)16-8-3/h12-15H,6-11H2,1-5H3. The summed E-state index contributed by atoms with van der Waals surface area (Å²) in [7, 11) is 2.05. The van der Waals surface area contributed by atoms with Gasteiger partial charge >= 0.3 is 0 Å². The number of ether oxygens (including phenoxy) is 1. The van der Waals surface area contributed by atoms with Crippen LogP contribution in [0.4, 0.5) is 0 Å². The highest BCUT2D eigenvalue weighted by molar-refractivity contribution is 4.75. The highest BCUT2D eigenvalue weighted by Crippen LogP contribution is 2.20. The Labute approximate surface area is 102 Å². The first-order valence-electron chi connectivity index (χ1n) is 6.98. The van der Waals surface area contributed by atoms with E-state index in [2.05, 4.69) is 33.0 Å². The van der Waals surface area contributed by atoms with Gasteiger partial charge < -0.3 is 10.1 Å². The summed E-state index contributed by atoms with van der Waals surface area (Å²) in [6.07, 6.45) is 6.89. The van der Waals surface area contributed by atoms with Gasteiger partial charge in [-0.05, 0) is 33.2 Å². The van der Waals surface area contributed by atoms with Crippen LogP contribution in [0, 0.1) is 5.92 Å². The number of nitrogens with one attached hydrogen (secondary N) is 1. The van der Waals surface area contributed by atoms with E-state index in [9.17, 15) is 0 Å². The van der Waals surface area contributed by atoms with Crippen molar-refractivity contribution in [2.75, 3.05) is 13.7 Å². The maximum atomic E-state index is 5.68. The molecule has 0 bridgehead atoms. The van der Waals surface area contributed by atoms with Gasteiger partial charge in [0.05, 0.1) is 6.10 Å². The molecule has 0 amide bonds. The number of hydrogen-bond donors (Lipinski definition) is 1. The van der Waals surface area contributed by atoms with Gasteiger partial charge in [-0.15, -0.1) is 0 Å². The SMILES string of the molecule is CCCCC(CC)CC(NC)C(C)OCC. The summed E-state index contributed by atoms with van der Waals surface area (Å²) in [4.78, 5) is 0. The summed E-state index contributed by atoms with van der Waals surface area (Å²) in [6, 6.07) is 0.502. The number of likely N-dealkylation sites (N-methyl/N-ethyl adjacent to an activating group) is 1. The Kier molecular flexibility index (Phi) is 10.0. The van der Waals surface area contributed by atoms with Crippen LogP contribution < -0.4 is 5.32 Å². The molecule has 0 aliphatic carbocycles. The van der Waals surface area contributed by atoms with Crippen molar-refractivity contribution in [1.29, 1.82) is 0 Å². The normalized spacial score (nSPS) is 17.1. The fraction of sp³-hybridized carbons (Fsp3) is 1.00. The summed E-state index contributed by atoms with van der Waals surface area (Å²) in [5, 5.41) is 3.40. The van der Waals surface area contributed by atoms with Crippen LogP contribution in [0.5, 0.6) is 0 Å². The molecular weight excluding hydrogens is 198 g/mol. The molecule has 0 aliphatic heterocycles. The zero-order valence-corrected chi connectivity index (χ0v) is 11.9. The minimum absolute atomic E-state index is 0.325. The van der Waals surface area contributed by atoms with Gasteiger partial charge in [0.2, 0.25) is 0 Å². The van der Waals surface area contributed by atoms with E-state index >= 15 is 0 Å². The summed E-state index contributed by atoms with van der Waals surface area (Å²) in [5.41, 5.74) is 0. The van der Waals surface area contributed by atoms with E-state index < -0.39 is 0 Å². The molecular formula is C14H31NO. The quantitative estimate of drug-likeness (QED) is 0.618. The van der Waals surface area contributed by atoms with Gasteiger partial charge in [0.15, 0.2) is 0 Å². The van der Waals surface area contributed by atoms with Crippen molar-refractivity contribution < 1.29 is 4.74 Å². The lowest BCUT2D eigenvalue weighted by atomic mass is 9.90. The average Bonchev–Trinajstić information content (AvgIpc) is 2.30. The van der Waals surface area contributed by atoms with Gasteiger partial charge in [0.1, 0.15) is 0 Å². The Hall–Kier alpha value is -0.0800. The van der Waals surface area contributed by atoms with Gasteiger partial charge in [0, 0.05) is 12.6 Å². The maximum absolute atomic E-state index is 5.68. The predicted octanol–water partition coefficient (Wildman–Crippen LogP) is 3.61. The minimum atomic E-state index is 0.325. The summed E-state index contributed by atoms with van der Waals surface area (Å²) < 4.78 is 5.68. The monoisotopic (exact) mass is 229 g/mol. The molecule has 0 saturated heterocycles. The van der Waals surface area contributed by atoms with Crippen LogP contribution in [0.1, 0.15) is 59.8 Å². The Balaban J connectivity index is 4.04. The maximum Gasteiger partial charge on any atom is 0.0699 e. The van der Waals surface area contributed by atoms with Crippen molar-refractivity contribution in [3.8, 4) is 0 Å². The van der Waals surface area contributed by atoms with Gasteiger partial charge in [-0.1, -0.05) is 39.5 Å². The highest BCUT2D eigenvalue weighted by atomic mass is 16.5. The molecule has 0 heterocycles. The second-order valence-corrected chi connectivity index (χ2v) is 4.71. The van der Waals surface area contributed by atoms with E-state index in [1.165, 1.54) is 32.1 Å². The van der Waals surface area contributed by atoms with Gasteiger partial charge in [-0.2, -0.15) is 0 Å². The molecule has 98 valence electrons. The molecule has 0 aromatic heterocycles. The van der Waals surface area contributed by atoms with Gasteiger partial charge in [0.25, 0.3) is 0 Å². The second kappa shape index (κ2) is 10.1. The van der Waals surface area contributed by atoms with E-state index in [4.69, 9.17) is 4.74 Å². The number of hydrogen-bond acceptors (Lipinski definition) is 2. The summed E-state index contributed by atoms with van der Waals surface area (Å²) in [6.45, 7) is 9.63. The fourth-order valence-electron chi connectivity index (χ4n) is 2.26. The first-order valence-corrected chi connectivity index (χ1v) is 6.98. The molecule has 0 aromatic rings. The average molecular weight is 229 g/mol. The molecule has 0 spiro atoms. The number of rotatable bonds is 10. The molecule has 0 aliphatic rings. The molecule has 0 saturated carbocycles. The Morgan fingerprint density at radius 3 is 2.31 bits per heavy atom. The first-order chi connectivity index (χ1) is 7.69. The molecule has 1 N–H and O–H groups in total. The van der Waals surface area contributed by atoms with Crippen molar-refractivity contribution in [3.05, 3.63) is 0 Å². The lowest BCUT2D eigenvalue weighted by Gasteiger charge is -2.27. The van der Waals surface area contributed by atoms with Crippen LogP contribution in [0.25, 0.3) is 0 Å². The molecule has 2 heteroatoms. The molecule has 0 aromatic carbocycles. The third-order valence-corrected chi connectivity index (χ3v) is 3.50. The summed E-state index contributed by atoms with van der Waals surface area (Å²) >= 11 is 0. The van der Waals surface area contributed by atoms with Crippen molar-refractivity contribution >= 4 is 0 Å². The zero-order chi connectivity index (χ0) is 12.4. The predicted molar refractivity (Wildman–Crippen MR) is 71.9 cm³/mol. The first kappa shape index (κ1) is 15.9. The molecule has 3 atom stereocenters. The van der Waals surface area contributed by atoms with Crippen LogP contribution in [-0.2, 0) is 4.74 Å². The topological polar surface area (TPSA) is 21.3 Å². The molecule has 2 nitrogen and oxygen atoms in total. The molecule has 16 heavy (non-hydrogen) atoms. The van der Waals surface area contributed by atoms with Crippen LogP contribution in [0.2, 0.25) is 0 Å². The zero-order valence-electron chi connectivity index (χ0n) is 11.9. The van der Waals surface area contributed by atoms with Crippen LogP contribution >= 0.6 is 0 Å². The van der Waals surface area contributed by atoms with E-state index in [1.54, 1.807) is 0 Å². The van der Waals surface area contributed by atoms with Crippen molar-refractivity contribution in [1.82, 2.24) is 5.32 Å². The molecule has 0 radical (unpaired) electrons. The Morgan fingerprint density at radius 2 is 1.88 bits per heavy atom. The number of unbranched alkanes of at least 4 members (excludes halogenated alkanes) is 1. The third-order valence-electron chi connectivity index (χ3n) is 3.50. The molecule has 0 rings (SSSR count). The largest absolute Gasteiger partial charge is 0.377 e. The Bertz CT molecular complexity index is 150. The van der Waals surface area contributed by atoms with Crippen LogP contribution in [0.3, 0.4) is 0 Å². The third kappa shape index (κ3) is 6.49. The van der Waals surface area contributed by atoms with Gasteiger partial charge in [-0.25, -0.2) is 0 Å². The van der Waals surface area contributed by atoms with Crippen LogP contribution in [-0.4, -0.2) is 25.8 Å². The van der Waals surface area contributed by atoms with Crippen LogP contribution in [0.15, 0.2) is 0 Å². The summed E-state index contributed by atoms with van der Waals surface area (Å²) in [5.74, 6) is 0.848. The van der Waals surface area contributed by atoms with Crippen molar-refractivity contribution in [2.45, 2.75) is 71.9 Å². The lowest BCUT2D eigenvalue weighted by molar-refractivity contribution is 0.0419. The lowest BCUT2D eigenvalue weighted by Crippen LogP contribution is -2.39. The highest BCUT2D eigenvalue weighted by Gasteiger charge is 2.19. The van der Waals surface area contributed by atoms with E-state index in [1.807, 2.05) is 7.05 Å². The molecule has 3 unspecified atom stereocenters. The van der Waals surface area contributed by atoms with E-state index in [-0.39, 0.29) is 0 Å². The van der Waals surface area contributed by atoms with E-state index in [0.29, 0.717) is 12.1 Å². The minimum Gasteiger partial charge on any atom is -0.377 e. The smallest absolute Gasteiger partial charge is 0.0699 e. The Morgan fingerprint density at radius 1 is 1.19 bits per heavy atom. The van der Waals surface area contributed by atoms with E-state index in [0.717, 1.165) is 12.5 Å².